The van der Waals surface area contributed by atoms with Gasteiger partial charge in [-0.05, 0) is 46.8 Å². The molecule has 0 radical (unpaired) electrons. The molecule has 0 bridgehead atoms. The lowest BCUT2D eigenvalue weighted by Crippen LogP contribution is -2.30. The van der Waals surface area contributed by atoms with Gasteiger partial charge in [-0.25, -0.2) is 0 Å². The number of rotatable bonds is 5. The van der Waals surface area contributed by atoms with E-state index in [4.69, 9.17) is 0 Å². The molecule has 0 saturated carbocycles. The summed E-state index contributed by atoms with van der Waals surface area (Å²) in [4.78, 5) is 5.48. The van der Waals surface area contributed by atoms with Gasteiger partial charge in [0.25, 0.3) is 0 Å². The van der Waals surface area contributed by atoms with Gasteiger partial charge < -0.3 is 9.80 Å². The van der Waals surface area contributed by atoms with Crippen molar-refractivity contribution in [1.29, 1.82) is 0 Å². The maximum atomic E-state index is 4.69. The van der Waals surface area contributed by atoms with E-state index in [9.17, 15) is 0 Å². The number of hydrogen-bond donors (Lipinski definition) is 1. The normalized spacial score (nSPS) is 14.2. The van der Waals surface area contributed by atoms with Gasteiger partial charge in [0.1, 0.15) is 5.69 Å². The van der Waals surface area contributed by atoms with Crippen LogP contribution in [0.3, 0.4) is 0 Å². The highest BCUT2D eigenvalue weighted by Gasteiger charge is 2.36. The predicted octanol–water partition coefficient (Wildman–Crippen LogP) is 5.83. The molecule has 0 saturated heterocycles. The third-order valence-corrected chi connectivity index (χ3v) is 7.30. The fraction of sp³-hybridized carbons (Fsp3) is 0.222. The number of H-pyrrole nitrogens is 1. The van der Waals surface area contributed by atoms with Crippen LogP contribution in [-0.4, -0.2) is 38.4 Å². The van der Waals surface area contributed by atoms with Gasteiger partial charge in [-0.2, -0.15) is 5.10 Å². The number of thiophene rings is 1. The number of nitrogens with one attached hydrogen (secondary N) is 1. The number of aromatic amines is 1. The Kier molecular flexibility index (Phi) is 5.14. The molecular formula is C27H28N4S. The van der Waals surface area contributed by atoms with Gasteiger partial charge in [0.15, 0.2) is 0 Å². The minimum atomic E-state index is -0.248. The number of anilines is 2. The molecule has 0 amide bonds. The summed E-state index contributed by atoms with van der Waals surface area (Å²) in [5.41, 5.74) is 8.17. The highest BCUT2D eigenvalue weighted by atomic mass is 32.1. The van der Waals surface area contributed by atoms with Crippen molar-refractivity contribution in [3.63, 3.8) is 0 Å². The van der Waals surface area contributed by atoms with E-state index in [0.29, 0.717) is 0 Å². The first-order valence-electron chi connectivity index (χ1n) is 10.8. The fourth-order valence-electron chi connectivity index (χ4n) is 4.54. The van der Waals surface area contributed by atoms with Gasteiger partial charge in [-0.1, -0.05) is 42.5 Å². The van der Waals surface area contributed by atoms with E-state index in [2.05, 4.69) is 126 Å². The fourth-order valence-corrected chi connectivity index (χ4v) is 5.27. The molecule has 0 fully saturated rings. The third kappa shape index (κ3) is 3.43. The Morgan fingerprint density at radius 2 is 1.44 bits per heavy atom. The van der Waals surface area contributed by atoms with Crippen LogP contribution in [-0.2, 0) is 11.8 Å². The Hall–Kier alpha value is -3.31. The summed E-state index contributed by atoms with van der Waals surface area (Å²) in [6.07, 6.45) is 5.48. The lowest BCUT2D eigenvalue weighted by molar-refractivity contribution is 0.620. The Labute approximate surface area is 193 Å². The number of aromatic nitrogens is 2. The second kappa shape index (κ2) is 7.99. The number of hydrogen-bond acceptors (Lipinski definition) is 4. The molecule has 0 atom stereocenters. The summed E-state index contributed by atoms with van der Waals surface area (Å²) >= 11 is 1.73. The molecule has 32 heavy (non-hydrogen) atoms. The number of fused-ring (bicyclic) bond motifs is 1. The van der Waals surface area contributed by atoms with Crippen LogP contribution >= 0.6 is 11.3 Å². The van der Waals surface area contributed by atoms with Crippen molar-refractivity contribution in [3.05, 3.63) is 94.5 Å². The zero-order valence-corrected chi connectivity index (χ0v) is 19.8. The summed E-state index contributed by atoms with van der Waals surface area (Å²) in [7, 11) is 8.31. The molecule has 2 aromatic carbocycles. The first-order valence-corrected chi connectivity index (χ1v) is 11.7. The minimum absolute atomic E-state index is 0.248. The van der Waals surface area contributed by atoms with E-state index < -0.39 is 0 Å². The van der Waals surface area contributed by atoms with E-state index >= 15 is 0 Å². The topological polar surface area (TPSA) is 35.2 Å². The molecule has 5 rings (SSSR count). The van der Waals surface area contributed by atoms with Crippen LogP contribution in [0.25, 0.3) is 16.6 Å². The summed E-state index contributed by atoms with van der Waals surface area (Å²) in [6.45, 7) is 0. The molecular weight excluding hydrogens is 412 g/mol. The van der Waals surface area contributed by atoms with Crippen molar-refractivity contribution in [1.82, 2.24) is 10.2 Å². The SMILES string of the molecule is CN(C)c1ccc(C2(c3ccc(N(C)C)cc3)C=Cc3c(-c4cccs4)n[nH]c3C2)cc1. The standard InChI is InChI=1S/C27H28N4S/c1-30(2)21-11-7-19(8-12-21)27(20-9-13-22(14-10-20)31(3)4)16-15-23-24(18-27)28-29-26(23)25-6-5-17-32-25/h5-17H,18H2,1-4H3,(H,28,29). The van der Waals surface area contributed by atoms with Gasteiger partial charge in [0, 0.05) is 62.7 Å². The van der Waals surface area contributed by atoms with Crippen LogP contribution in [0.2, 0.25) is 0 Å². The van der Waals surface area contributed by atoms with Crippen molar-refractivity contribution in [2.24, 2.45) is 0 Å². The van der Waals surface area contributed by atoms with Crippen LogP contribution < -0.4 is 9.80 Å². The number of allylic oxidation sites excluding steroid dienone is 1. The molecule has 1 aliphatic carbocycles. The zero-order chi connectivity index (χ0) is 22.3. The maximum absolute atomic E-state index is 4.69. The Morgan fingerprint density at radius 3 is 1.94 bits per heavy atom. The Balaban J connectivity index is 1.62. The maximum Gasteiger partial charge on any atom is 0.109 e. The van der Waals surface area contributed by atoms with Crippen LogP contribution in [0, 0.1) is 0 Å². The first kappa shape index (κ1) is 20.6. The monoisotopic (exact) mass is 440 g/mol. The molecule has 0 aliphatic heterocycles. The molecule has 4 nitrogen and oxygen atoms in total. The van der Waals surface area contributed by atoms with Gasteiger partial charge in [-0.3, -0.25) is 5.10 Å². The van der Waals surface area contributed by atoms with Crippen LogP contribution in [0.1, 0.15) is 22.4 Å². The summed E-state index contributed by atoms with van der Waals surface area (Å²) in [6, 6.07) is 22.1. The summed E-state index contributed by atoms with van der Waals surface area (Å²) < 4.78 is 0. The van der Waals surface area contributed by atoms with Crippen LogP contribution in [0.4, 0.5) is 11.4 Å². The average Bonchev–Trinajstić information content (AvgIpc) is 3.48. The molecule has 1 aliphatic rings. The van der Waals surface area contributed by atoms with E-state index in [1.54, 1.807) is 11.3 Å². The smallest absolute Gasteiger partial charge is 0.109 e. The highest BCUT2D eigenvalue weighted by molar-refractivity contribution is 7.13. The van der Waals surface area contributed by atoms with E-state index in [-0.39, 0.29) is 5.41 Å². The third-order valence-electron chi connectivity index (χ3n) is 6.43. The van der Waals surface area contributed by atoms with Crippen molar-refractivity contribution in [2.45, 2.75) is 11.8 Å². The molecule has 4 aromatic rings. The van der Waals surface area contributed by atoms with Gasteiger partial charge in [0.2, 0.25) is 0 Å². The van der Waals surface area contributed by atoms with E-state index in [0.717, 1.165) is 12.1 Å². The first-order chi connectivity index (χ1) is 15.5. The summed E-state index contributed by atoms with van der Waals surface area (Å²) in [5, 5.41) is 10.1. The molecule has 1 N–H and O–H groups in total. The Morgan fingerprint density at radius 1 is 0.844 bits per heavy atom. The van der Waals surface area contributed by atoms with Crippen LogP contribution in [0.5, 0.6) is 0 Å². The predicted molar refractivity (Wildman–Crippen MR) is 137 cm³/mol. The van der Waals surface area contributed by atoms with E-state index in [1.165, 1.54) is 38.6 Å². The second-order valence-corrected chi connectivity index (χ2v) is 9.75. The highest BCUT2D eigenvalue weighted by Crippen LogP contribution is 2.44. The molecule has 162 valence electrons. The molecule has 0 unspecified atom stereocenters. The van der Waals surface area contributed by atoms with Gasteiger partial charge in [0.05, 0.1) is 4.88 Å². The van der Waals surface area contributed by atoms with E-state index in [1.807, 2.05) is 0 Å². The zero-order valence-electron chi connectivity index (χ0n) is 19.0. The summed E-state index contributed by atoms with van der Waals surface area (Å²) in [5.74, 6) is 0. The van der Waals surface area contributed by atoms with Crippen molar-refractivity contribution in [2.75, 3.05) is 38.0 Å². The lowest BCUT2D eigenvalue weighted by atomic mass is 9.68. The van der Waals surface area contributed by atoms with Crippen molar-refractivity contribution >= 4 is 28.8 Å². The number of benzene rings is 2. The van der Waals surface area contributed by atoms with Gasteiger partial charge >= 0.3 is 0 Å². The second-order valence-electron chi connectivity index (χ2n) is 8.81. The van der Waals surface area contributed by atoms with Crippen LogP contribution in [0.15, 0.2) is 72.1 Å². The molecule has 2 heterocycles. The molecule has 0 spiro atoms. The quantitative estimate of drug-likeness (QED) is 0.424. The average molecular weight is 441 g/mol. The van der Waals surface area contributed by atoms with Crippen molar-refractivity contribution in [3.8, 4) is 10.6 Å². The lowest BCUT2D eigenvalue weighted by Gasteiger charge is -2.35. The largest absolute Gasteiger partial charge is 0.378 e. The minimum Gasteiger partial charge on any atom is -0.378 e. The van der Waals surface area contributed by atoms with Gasteiger partial charge in [-0.15, -0.1) is 11.3 Å². The Bertz CT molecular complexity index is 1180. The molecule has 2 aromatic heterocycles. The van der Waals surface area contributed by atoms with Crippen molar-refractivity contribution < 1.29 is 0 Å². The number of nitrogens with zero attached hydrogens (tertiary/aromatic N) is 3. The molecule has 5 heteroatoms.